The molecule has 144 valence electrons. The molecule has 0 bridgehead atoms. The average Bonchev–Trinajstić information content (AvgIpc) is 2.63. The number of nitrogens with zero attached hydrogens (tertiary/aromatic N) is 1. The number of ether oxygens (including phenoxy) is 2. The standard InChI is InChI=1S/C18H34BNO5/c1-16(2,3)23-15(21)20(8)12-10-14-22-13-9-11-19-24-17(4,5)18(6,7)25-19/h9,11H,10,12-14H2,1-8H3. The predicted molar refractivity (Wildman–Crippen MR) is 99.5 cm³/mol. The minimum absolute atomic E-state index is 0.312. The molecule has 0 aromatic rings. The number of carbonyl (C=O) groups excluding carboxylic acids is 1. The Morgan fingerprint density at radius 2 is 1.72 bits per heavy atom. The lowest BCUT2D eigenvalue weighted by Crippen LogP contribution is -2.41. The van der Waals surface area contributed by atoms with Crippen LogP contribution in [0.1, 0.15) is 54.9 Å². The smallest absolute Gasteiger partial charge is 0.444 e. The van der Waals surface area contributed by atoms with Crippen molar-refractivity contribution in [1.82, 2.24) is 4.90 Å². The van der Waals surface area contributed by atoms with Crippen LogP contribution >= 0.6 is 0 Å². The first-order chi connectivity index (χ1) is 11.3. The van der Waals surface area contributed by atoms with Gasteiger partial charge in [0, 0.05) is 20.2 Å². The average molecular weight is 355 g/mol. The summed E-state index contributed by atoms with van der Waals surface area (Å²) in [7, 11) is 1.39. The number of hydrogen-bond acceptors (Lipinski definition) is 5. The molecule has 1 fully saturated rings. The van der Waals surface area contributed by atoms with E-state index in [1.807, 2.05) is 60.5 Å². The molecule has 1 rings (SSSR count). The Balaban J connectivity index is 2.16. The van der Waals surface area contributed by atoms with Crippen LogP contribution < -0.4 is 0 Å². The highest BCUT2D eigenvalue weighted by molar-refractivity contribution is 6.51. The van der Waals surface area contributed by atoms with E-state index in [-0.39, 0.29) is 24.4 Å². The minimum Gasteiger partial charge on any atom is -0.444 e. The zero-order valence-electron chi connectivity index (χ0n) is 17.0. The van der Waals surface area contributed by atoms with Crippen LogP contribution in [0.3, 0.4) is 0 Å². The molecule has 0 aliphatic carbocycles. The van der Waals surface area contributed by atoms with E-state index >= 15 is 0 Å². The van der Waals surface area contributed by atoms with Gasteiger partial charge in [-0.3, -0.25) is 0 Å². The Kier molecular flexibility index (Phi) is 7.53. The molecule has 7 heteroatoms. The topological polar surface area (TPSA) is 57.2 Å². The van der Waals surface area contributed by atoms with Gasteiger partial charge in [0.1, 0.15) is 5.60 Å². The molecular weight excluding hydrogens is 321 g/mol. The third-order valence-electron chi connectivity index (χ3n) is 4.27. The molecule has 1 aliphatic heterocycles. The van der Waals surface area contributed by atoms with E-state index in [0.717, 1.165) is 6.42 Å². The van der Waals surface area contributed by atoms with Gasteiger partial charge in [0.15, 0.2) is 0 Å². The van der Waals surface area contributed by atoms with Gasteiger partial charge in [0.05, 0.1) is 17.8 Å². The fourth-order valence-corrected chi connectivity index (χ4v) is 2.12. The summed E-state index contributed by atoms with van der Waals surface area (Å²) in [6.45, 7) is 15.3. The van der Waals surface area contributed by atoms with Gasteiger partial charge in [-0.2, -0.15) is 0 Å². The number of amides is 1. The first kappa shape index (κ1) is 22.0. The lowest BCUT2D eigenvalue weighted by Gasteiger charge is -2.32. The van der Waals surface area contributed by atoms with Crippen LogP contribution in [0.5, 0.6) is 0 Å². The van der Waals surface area contributed by atoms with Crippen molar-refractivity contribution in [2.24, 2.45) is 0 Å². The van der Waals surface area contributed by atoms with Gasteiger partial charge in [-0.25, -0.2) is 4.79 Å². The van der Waals surface area contributed by atoms with Crippen LogP contribution in [-0.4, -0.2) is 61.7 Å². The highest BCUT2D eigenvalue weighted by Gasteiger charge is 2.49. The molecule has 0 aromatic heterocycles. The second kappa shape index (κ2) is 8.56. The molecule has 1 heterocycles. The molecule has 0 radical (unpaired) electrons. The first-order valence-electron chi connectivity index (χ1n) is 8.88. The molecule has 0 aromatic carbocycles. The third-order valence-corrected chi connectivity index (χ3v) is 4.27. The van der Waals surface area contributed by atoms with Gasteiger partial charge < -0.3 is 23.7 Å². The second-order valence-electron chi connectivity index (χ2n) is 8.38. The van der Waals surface area contributed by atoms with E-state index in [1.165, 1.54) is 0 Å². The van der Waals surface area contributed by atoms with E-state index in [9.17, 15) is 4.79 Å². The second-order valence-corrected chi connectivity index (χ2v) is 8.38. The Bertz CT molecular complexity index is 455. The molecule has 0 atom stereocenters. The van der Waals surface area contributed by atoms with Crippen molar-refractivity contribution in [3.8, 4) is 0 Å². The van der Waals surface area contributed by atoms with Gasteiger partial charge in [-0.15, -0.1) is 0 Å². The van der Waals surface area contributed by atoms with Crippen molar-refractivity contribution in [3.63, 3.8) is 0 Å². The van der Waals surface area contributed by atoms with Gasteiger partial charge in [-0.05, 0) is 54.9 Å². The fraction of sp³-hybridized carbons (Fsp3) is 0.833. The summed E-state index contributed by atoms with van der Waals surface area (Å²) in [5.41, 5.74) is -1.12. The zero-order valence-corrected chi connectivity index (χ0v) is 17.0. The number of carbonyl (C=O) groups is 1. The summed E-state index contributed by atoms with van der Waals surface area (Å²) in [4.78, 5) is 13.4. The fourth-order valence-electron chi connectivity index (χ4n) is 2.12. The summed E-state index contributed by atoms with van der Waals surface area (Å²) >= 11 is 0. The molecule has 25 heavy (non-hydrogen) atoms. The van der Waals surface area contributed by atoms with Crippen molar-refractivity contribution in [2.45, 2.75) is 71.7 Å². The maximum Gasteiger partial charge on any atom is 0.486 e. The van der Waals surface area contributed by atoms with E-state index < -0.39 is 5.60 Å². The molecular formula is C18H34BNO5. The van der Waals surface area contributed by atoms with E-state index in [2.05, 4.69) is 0 Å². The summed E-state index contributed by atoms with van der Waals surface area (Å²) in [6.07, 6.45) is 2.34. The number of rotatable bonds is 7. The predicted octanol–water partition coefficient (Wildman–Crippen LogP) is 3.45. The largest absolute Gasteiger partial charge is 0.486 e. The summed E-state index contributed by atoms with van der Waals surface area (Å²) in [6, 6.07) is 0. The normalized spacial score (nSPS) is 19.4. The molecule has 0 N–H and O–H groups in total. The van der Waals surface area contributed by atoms with E-state index in [4.69, 9.17) is 18.8 Å². The van der Waals surface area contributed by atoms with Gasteiger partial charge in [0.25, 0.3) is 0 Å². The molecule has 1 aliphatic rings. The first-order valence-corrected chi connectivity index (χ1v) is 8.88. The van der Waals surface area contributed by atoms with E-state index in [1.54, 1.807) is 11.9 Å². The maximum atomic E-state index is 11.8. The van der Waals surface area contributed by atoms with Crippen molar-refractivity contribution in [1.29, 1.82) is 0 Å². The lowest BCUT2D eigenvalue weighted by atomic mass is 9.90. The van der Waals surface area contributed by atoms with Crippen molar-refractivity contribution >= 4 is 13.2 Å². The molecule has 0 unspecified atom stereocenters. The van der Waals surface area contributed by atoms with Crippen LogP contribution in [0.15, 0.2) is 12.1 Å². The summed E-state index contributed by atoms with van der Waals surface area (Å²) in [5, 5.41) is 0. The Morgan fingerprint density at radius 3 is 2.24 bits per heavy atom. The number of hydrogen-bond donors (Lipinski definition) is 0. The lowest BCUT2D eigenvalue weighted by molar-refractivity contribution is 0.00578. The highest BCUT2D eigenvalue weighted by atomic mass is 16.7. The SMILES string of the molecule is CN(CCCOCC=CB1OC(C)(C)C(C)(C)O1)C(=O)OC(C)(C)C. The Hall–Kier alpha value is -1.05. The molecule has 0 saturated carbocycles. The zero-order chi connectivity index (χ0) is 19.3. The van der Waals surface area contributed by atoms with Crippen molar-refractivity contribution < 1.29 is 23.6 Å². The Labute approximate surface area is 153 Å². The monoisotopic (exact) mass is 355 g/mol. The van der Waals surface area contributed by atoms with Crippen LogP contribution in [0.25, 0.3) is 0 Å². The molecule has 1 amide bonds. The van der Waals surface area contributed by atoms with E-state index in [0.29, 0.717) is 19.8 Å². The molecule has 1 saturated heterocycles. The van der Waals surface area contributed by atoms with Crippen LogP contribution in [0.4, 0.5) is 4.79 Å². The van der Waals surface area contributed by atoms with Gasteiger partial charge in [-0.1, -0.05) is 12.1 Å². The van der Waals surface area contributed by atoms with Gasteiger partial charge in [0.2, 0.25) is 0 Å². The third kappa shape index (κ3) is 7.38. The van der Waals surface area contributed by atoms with Gasteiger partial charge >= 0.3 is 13.2 Å². The van der Waals surface area contributed by atoms with Crippen LogP contribution in [0.2, 0.25) is 0 Å². The Morgan fingerprint density at radius 1 is 1.16 bits per heavy atom. The molecule has 6 nitrogen and oxygen atoms in total. The van der Waals surface area contributed by atoms with Crippen LogP contribution in [0, 0.1) is 0 Å². The summed E-state index contributed by atoms with van der Waals surface area (Å²) < 4.78 is 22.6. The van der Waals surface area contributed by atoms with Crippen LogP contribution in [-0.2, 0) is 18.8 Å². The quantitative estimate of drug-likeness (QED) is 0.517. The van der Waals surface area contributed by atoms with Crippen molar-refractivity contribution in [3.05, 3.63) is 12.1 Å². The van der Waals surface area contributed by atoms with Crippen molar-refractivity contribution in [2.75, 3.05) is 26.8 Å². The molecule has 0 spiro atoms. The maximum absolute atomic E-state index is 11.8. The summed E-state index contributed by atoms with van der Waals surface area (Å²) in [5.74, 6) is 1.88. The minimum atomic E-state index is -0.472. The highest BCUT2D eigenvalue weighted by Crippen LogP contribution is 2.36.